The Morgan fingerprint density at radius 3 is 2.74 bits per heavy atom. The number of carbonyl (C=O) groups excluding carboxylic acids is 2. The van der Waals surface area contributed by atoms with Crippen LogP contribution in [0.1, 0.15) is 39.1 Å². The van der Waals surface area contributed by atoms with Crippen molar-refractivity contribution in [3.63, 3.8) is 0 Å². The summed E-state index contributed by atoms with van der Waals surface area (Å²) in [5.41, 5.74) is 2.30. The van der Waals surface area contributed by atoms with Crippen LogP contribution in [0.4, 0.5) is 5.69 Å². The van der Waals surface area contributed by atoms with Gasteiger partial charge >= 0.3 is 0 Å². The van der Waals surface area contributed by atoms with Crippen molar-refractivity contribution >= 4 is 17.5 Å². The van der Waals surface area contributed by atoms with Crippen molar-refractivity contribution in [2.75, 3.05) is 25.6 Å². The minimum Gasteiger partial charge on any atom is -0.496 e. The third-order valence-electron chi connectivity index (χ3n) is 4.60. The van der Waals surface area contributed by atoms with Gasteiger partial charge in [0.1, 0.15) is 5.75 Å². The summed E-state index contributed by atoms with van der Waals surface area (Å²) >= 11 is 0. The van der Waals surface area contributed by atoms with Gasteiger partial charge in [-0.05, 0) is 49.6 Å². The number of methoxy groups -OCH3 is 1. The average Bonchev–Trinajstić information content (AvgIpc) is 3.20. The molecule has 6 heteroatoms. The lowest BCUT2D eigenvalue weighted by Crippen LogP contribution is -2.32. The summed E-state index contributed by atoms with van der Waals surface area (Å²) in [5, 5.41) is 5.70. The van der Waals surface area contributed by atoms with Crippen LogP contribution in [0.25, 0.3) is 0 Å². The number of para-hydroxylation sites is 1. The Morgan fingerprint density at radius 2 is 2.00 bits per heavy atom. The van der Waals surface area contributed by atoms with Crippen LogP contribution in [0.2, 0.25) is 0 Å². The Kier molecular flexibility index (Phi) is 6.08. The van der Waals surface area contributed by atoms with Gasteiger partial charge in [0.2, 0.25) is 0 Å². The SMILES string of the molecule is COc1cc(C(=O)Nc2ccccc2C(=O)NCC2CCCO2)ccc1C. The third kappa shape index (κ3) is 4.65. The van der Waals surface area contributed by atoms with Crippen molar-refractivity contribution in [3.8, 4) is 5.75 Å². The molecular weight excluding hydrogens is 344 g/mol. The molecule has 1 aliphatic heterocycles. The van der Waals surface area contributed by atoms with E-state index < -0.39 is 0 Å². The molecule has 142 valence electrons. The first kappa shape index (κ1) is 18.9. The zero-order valence-corrected chi connectivity index (χ0v) is 15.6. The number of benzene rings is 2. The van der Waals surface area contributed by atoms with Crippen LogP contribution in [0.5, 0.6) is 5.75 Å². The zero-order valence-electron chi connectivity index (χ0n) is 15.6. The molecule has 0 radical (unpaired) electrons. The van der Waals surface area contributed by atoms with Gasteiger partial charge in [-0.1, -0.05) is 18.2 Å². The third-order valence-corrected chi connectivity index (χ3v) is 4.60. The molecule has 6 nitrogen and oxygen atoms in total. The van der Waals surface area contributed by atoms with Gasteiger partial charge in [0.25, 0.3) is 11.8 Å². The molecule has 1 fully saturated rings. The van der Waals surface area contributed by atoms with Crippen LogP contribution in [0, 0.1) is 6.92 Å². The van der Waals surface area contributed by atoms with E-state index in [1.54, 1.807) is 43.5 Å². The second-order valence-corrected chi connectivity index (χ2v) is 6.53. The molecule has 1 saturated heterocycles. The van der Waals surface area contributed by atoms with E-state index >= 15 is 0 Å². The zero-order chi connectivity index (χ0) is 19.2. The number of hydrogen-bond donors (Lipinski definition) is 2. The summed E-state index contributed by atoms with van der Waals surface area (Å²) in [7, 11) is 1.57. The topological polar surface area (TPSA) is 76.7 Å². The minimum atomic E-state index is -0.298. The summed E-state index contributed by atoms with van der Waals surface area (Å²) in [4.78, 5) is 25.2. The maximum Gasteiger partial charge on any atom is 0.255 e. The maximum absolute atomic E-state index is 12.6. The standard InChI is InChI=1S/C21H24N2O4/c1-14-9-10-15(12-19(14)26-2)20(24)23-18-8-4-3-7-17(18)21(25)22-13-16-6-5-11-27-16/h3-4,7-10,12,16H,5-6,11,13H2,1-2H3,(H,22,25)(H,23,24). The van der Waals surface area contributed by atoms with Gasteiger partial charge in [0.15, 0.2) is 0 Å². The number of ether oxygens (including phenoxy) is 2. The minimum absolute atomic E-state index is 0.0655. The van der Waals surface area contributed by atoms with Crippen molar-refractivity contribution in [2.45, 2.75) is 25.9 Å². The van der Waals surface area contributed by atoms with Crippen molar-refractivity contribution in [3.05, 3.63) is 59.2 Å². The highest BCUT2D eigenvalue weighted by molar-refractivity contribution is 6.09. The van der Waals surface area contributed by atoms with Gasteiger partial charge in [-0.25, -0.2) is 0 Å². The molecule has 2 aromatic rings. The molecule has 0 bridgehead atoms. The van der Waals surface area contributed by atoms with Gasteiger partial charge in [0, 0.05) is 18.7 Å². The van der Waals surface area contributed by atoms with E-state index in [1.807, 2.05) is 13.0 Å². The average molecular weight is 368 g/mol. The summed E-state index contributed by atoms with van der Waals surface area (Å²) in [5.74, 6) is 0.112. The second-order valence-electron chi connectivity index (χ2n) is 6.53. The smallest absolute Gasteiger partial charge is 0.255 e. The molecule has 0 spiro atoms. The van der Waals surface area contributed by atoms with Crippen LogP contribution in [0.3, 0.4) is 0 Å². The number of amides is 2. The fourth-order valence-electron chi connectivity index (χ4n) is 3.05. The Morgan fingerprint density at radius 1 is 1.19 bits per heavy atom. The molecule has 3 rings (SSSR count). The van der Waals surface area contributed by atoms with Crippen molar-refractivity contribution in [1.29, 1.82) is 0 Å². The highest BCUT2D eigenvalue weighted by Crippen LogP contribution is 2.21. The summed E-state index contributed by atoms with van der Waals surface area (Å²) in [6, 6.07) is 12.2. The lowest BCUT2D eigenvalue weighted by Gasteiger charge is -2.14. The van der Waals surface area contributed by atoms with E-state index in [0.717, 1.165) is 25.0 Å². The van der Waals surface area contributed by atoms with Crippen LogP contribution in [0.15, 0.2) is 42.5 Å². The number of rotatable bonds is 6. The Labute approximate surface area is 158 Å². The highest BCUT2D eigenvalue weighted by atomic mass is 16.5. The van der Waals surface area contributed by atoms with Crippen LogP contribution in [-0.4, -0.2) is 38.2 Å². The fraction of sp³-hybridized carbons (Fsp3) is 0.333. The second kappa shape index (κ2) is 8.68. The maximum atomic E-state index is 12.6. The van der Waals surface area contributed by atoms with Crippen LogP contribution >= 0.6 is 0 Å². The van der Waals surface area contributed by atoms with E-state index in [9.17, 15) is 9.59 Å². The number of aryl methyl sites for hydroxylation is 1. The first-order valence-corrected chi connectivity index (χ1v) is 9.03. The van der Waals surface area contributed by atoms with Gasteiger partial charge < -0.3 is 20.1 Å². The van der Waals surface area contributed by atoms with Crippen molar-refractivity contribution < 1.29 is 19.1 Å². The van der Waals surface area contributed by atoms with Gasteiger partial charge in [-0.15, -0.1) is 0 Å². The number of nitrogens with one attached hydrogen (secondary N) is 2. The molecule has 27 heavy (non-hydrogen) atoms. The highest BCUT2D eigenvalue weighted by Gasteiger charge is 2.19. The van der Waals surface area contributed by atoms with E-state index in [2.05, 4.69) is 10.6 Å². The lowest BCUT2D eigenvalue weighted by molar-refractivity contribution is 0.0858. The van der Waals surface area contributed by atoms with Crippen LogP contribution < -0.4 is 15.4 Å². The molecule has 1 unspecified atom stereocenters. The summed E-state index contributed by atoms with van der Waals surface area (Å²) in [6.45, 7) is 3.12. The van der Waals surface area contributed by atoms with Crippen molar-refractivity contribution in [2.24, 2.45) is 0 Å². The van der Waals surface area contributed by atoms with E-state index in [-0.39, 0.29) is 17.9 Å². The number of hydrogen-bond acceptors (Lipinski definition) is 4. The monoisotopic (exact) mass is 368 g/mol. The number of anilines is 1. The predicted octanol–water partition coefficient (Wildman–Crippen LogP) is 3.16. The molecule has 1 atom stereocenters. The largest absolute Gasteiger partial charge is 0.496 e. The molecule has 0 saturated carbocycles. The fourth-order valence-corrected chi connectivity index (χ4v) is 3.05. The van der Waals surface area contributed by atoms with E-state index in [0.29, 0.717) is 29.1 Å². The first-order valence-electron chi connectivity index (χ1n) is 9.03. The predicted molar refractivity (Wildman–Crippen MR) is 103 cm³/mol. The number of carbonyl (C=O) groups is 2. The molecule has 2 aromatic carbocycles. The van der Waals surface area contributed by atoms with Gasteiger partial charge in [-0.3, -0.25) is 9.59 Å². The molecule has 0 aromatic heterocycles. The Hall–Kier alpha value is -2.86. The Balaban J connectivity index is 1.71. The van der Waals surface area contributed by atoms with E-state index in [1.165, 1.54) is 0 Å². The Bertz CT molecular complexity index is 829. The molecule has 2 N–H and O–H groups in total. The quantitative estimate of drug-likeness (QED) is 0.821. The molecular formula is C21H24N2O4. The van der Waals surface area contributed by atoms with Gasteiger partial charge in [0.05, 0.1) is 24.5 Å². The lowest BCUT2D eigenvalue weighted by atomic mass is 10.1. The summed E-state index contributed by atoms with van der Waals surface area (Å²) in [6.07, 6.45) is 2.04. The van der Waals surface area contributed by atoms with Crippen molar-refractivity contribution in [1.82, 2.24) is 5.32 Å². The molecule has 2 amide bonds. The molecule has 1 aliphatic rings. The molecule has 0 aliphatic carbocycles. The summed E-state index contributed by atoms with van der Waals surface area (Å²) < 4.78 is 10.8. The van der Waals surface area contributed by atoms with Gasteiger partial charge in [-0.2, -0.15) is 0 Å². The van der Waals surface area contributed by atoms with Crippen LogP contribution in [-0.2, 0) is 4.74 Å². The normalized spacial score (nSPS) is 16.0. The van der Waals surface area contributed by atoms with E-state index in [4.69, 9.17) is 9.47 Å². The first-order chi connectivity index (χ1) is 13.1. The molecule has 1 heterocycles.